The maximum atomic E-state index is 13.5. The number of ether oxygens (including phenoxy) is 2. The smallest absolute Gasteiger partial charge is 0.333 e. The van der Waals surface area contributed by atoms with E-state index in [9.17, 15) is 19.5 Å². The Morgan fingerprint density at radius 3 is 2.11 bits per heavy atom. The molecule has 2 unspecified atom stereocenters. The highest BCUT2D eigenvalue weighted by molar-refractivity contribution is 5.96. The minimum Gasteiger partial charge on any atom is -0.496 e. The van der Waals surface area contributed by atoms with Crippen molar-refractivity contribution >= 4 is 28.6 Å². The molecular weight excluding hydrogens is 448 g/mol. The molecule has 3 atom stereocenters. The molecule has 0 aliphatic heterocycles. The average Bonchev–Trinajstić information content (AvgIpc) is 2.86. The number of hydrogen-bond acceptors (Lipinski definition) is 6. The second-order valence-corrected chi connectivity index (χ2v) is 8.44. The molecule has 184 valence electrons. The van der Waals surface area contributed by atoms with Crippen LogP contribution in [0.2, 0.25) is 0 Å². The summed E-state index contributed by atoms with van der Waals surface area (Å²) in [5.74, 6) is -2.19. The van der Waals surface area contributed by atoms with E-state index in [4.69, 9.17) is 9.47 Å². The molecule has 0 aliphatic rings. The summed E-state index contributed by atoms with van der Waals surface area (Å²) in [5, 5.41) is 17.1. The second kappa shape index (κ2) is 11.5. The van der Waals surface area contributed by atoms with Crippen LogP contribution >= 0.6 is 0 Å². The van der Waals surface area contributed by atoms with Gasteiger partial charge in [-0.15, -0.1) is 0 Å². The molecule has 0 aliphatic carbocycles. The third kappa shape index (κ3) is 5.78. The van der Waals surface area contributed by atoms with E-state index < -0.39 is 36.0 Å². The van der Waals surface area contributed by atoms with Gasteiger partial charge in [-0.3, -0.25) is 14.9 Å². The molecule has 8 nitrogen and oxygen atoms in total. The molecular formula is C27H30N2O6. The average molecular weight is 479 g/mol. The van der Waals surface area contributed by atoms with Gasteiger partial charge in [0.25, 0.3) is 0 Å². The Bertz CT molecular complexity index is 1190. The molecule has 3 rings (SSSR count). The number of carboxylic acid groups (broad SMARTS) is 1. The van der Waals surface area contributed by atoms with Gasteiger partial charge >= 0.3 is 11.9 Å². The minimum atomic E-state index is -1.17. The number of rotatable bonds is 10. The van der Waals surface area contributed by atoms with Crippen LogP contribution in [0.25, 0.3) is 10.8 Å². The Morgan fingerprint density at radius 1 is 0.857 bits per heavy atom. The van der Waals surface area contributed by atoms with E-state index in [1.54, 1.807) is 50.2 Å². The van der Waals surface area contributed by atoms with Crippen molar-refractivity contribution in [3.63, 3.8) is 0 Å². The van der Waals surface area contributed by atoms with Gasteiger partial charge in [0.05, 0.1) is 20.3 Å². The van der Waals surface area contributed by atoms with Crippen LogP contribution < -0.4 is 15.4 Å². The molecule has 35 heavy (non-hydrogen) atoms. The van der Waals surface area contributed by atoms with Gasteiger partial charge in [0, 0.05) is 5.56 Å². The number of amides is 1. The lowest BCUT2D eigenvalue weighted by molar-refractivity contribution is -0.146. The Kier molecular flexibility index (Phi) is 8.43. The number of fused-ring (bicyclic) bond motifs is 1. The first-order valence-electron chi connectivity index (χ1n) is 11.3. The molecule has 0 heterocycles. The standard InChI is InChI=1S/C27H30N2O6/c1-16(2)22(28-23(26(31)32)18-11-6-5-7-12-18)25(30)29-24(27(33)35-4)21-19-13-9-8-10-17(19)14-15-20(21)34-3/h5-16,22-24,28H,1-4H3,(H,29,30)(H,31,32)/t22-,23?,24?/m0/s1. The normalized spacial score (nSPS) is 13.6. The molecule has 0 saturated heterocycles. The molecule has 1 amide bonds. The summed E-state index contributed by atoms with van der Waals surface area (Å²) < 4.78 is 10.5. The molecule has 0 fully saturated rings. The highest BCUT2D eigenvalue weighted by Crippen LogP contribution is 2.34. The number of methoxy groups -OCH3 is 2. The van der Waals surface area contributed by atoms with Crippen LogP contribution in [0.15, 0.2) is 66.7 Å². The van der Waals surface area contributed by atoms with Gasteiger partial charge < -0.3 is 19.9 Å². The number of nitrogens with one attached hydrogen (secondary N) is 2. The number of aliphatic carboxylic acids is 1. The molecule has 3 aromatic rings. The number of carboxylic acids is 1. The summed E-state index contributed by atoms with van der Waals surface area (Å²) in [6, 6.07) is 16.4. The highest BCUT2D eigenvalue weighted by Gasteiger charge is 2.34. The number of benzene rings is 3. The molecule has 0 saturated carbocycles. The van der Waals surface area contributed by atoms with Gasteiger partial charge in [0.15, 0.2) is 6.04 Å². The van der Waals surface area contributed by atoms with Gasteiger partial charge in [-0.2, -0.15) is 0 Å². The summed E-state index contributed by atoms with van der Waals surface area (Å²) in [6.07, 6.45) is 0. The lowest BCUT2D eigenvalue weighted by Crippen LogP contribution is -2.51. The monoisotopic (exact) mass is 478 g/mol. The zero-order chi connectivity index (χ0) is 25.5. The van der Waals surface area contributed by atoms with Gasteiger partial charge in [-0.05, 0) is 28.3 Å². The van der Waals surface area contributed by atoms with E-state index in [1.807, 2.05) is 30.3 Å². The minimum absolute atomic E-state index is 0.284. The Balaban J connectivity index is 1.99. The van der Waals surface area contributed by atoms with E-state index >= 15 is 0 Å². The number of esters is 1. The van der Waals surface area contributed by atoms with Gasteiger partial charge in [-0.25, -0.2) is 4.79 Å². The number of carbonyl (C=O) groups is 3. The summed E-state index contributed by atoms with van der Waals surface area (Å²) in [5.41, 5.74) is 0.977. The molecule has 3 aromatic carbocycles. The zero-order valence-corrected chi connectivity index (χ0v) is 20.1. The van der Waals surface area contributed by atoms with E-state index in [2.05, 4.69) is 10.6 Å². The summed E-state index contributed by atoms with van der Waals surface area (Å²) in [6.45, 7) is 3.60. The van der Waals surface area contributed by atoms with Gasteiger partial charge in [-0.1, -0.05) is 74.5 Å². The predicted molar refractivity (Wildman–Crippen MR) is 132 cm³/mol. The van der Waals surface area contributed by atoms with Crippen LogP contribution in [0.5, 0.6) is 5.75 Å². The topological polar surface area (TPSA) is 114 Å². The van der Waals surface area contributed by atoms with Crippen molar-refractivity contribution in [2.45, 2.75) is 32.0 Å². The Hall–Kier alpha value is -3.91. The Morgan fingerprint density at radius 2 is 1.51 bits per heavy atom. The fraction of sp³-hybridized carbons (Fsp3) is 0.296. The quantitative estimate of drug-likeness (QED) is 0.381. The van der Waals surface area contributed by atoms with Crippen molar-refractivity contribution in [1.29, 1.82) is 0 Å². The first-order valence-corrected chi connectivity index (χ1v) is 11.3. The van der Waals surface area contributed by atoms with Crippen LogP contribution in [-0.4, -0.2) is 43.2 Å². The molecule has 3 N–H and O–H groups in total. The molecule has 0 bridgehead atoms. The lowest BCUT2D eigenvalue weighted by Gasteiger charge is -2.28. The maximum Gasteiger partial charge on any atom is 0.333 e. The second-order valence-electron chi connectivity index (χ2n) is 8.44. The predicted octanol–water partition coefficient (Wildman–Crippen LogP) is 3.62. The van der Waals surface area contributed by atoms with Crippen LogP contribution in [-0.2, 0) is 19.1 Å². The Labute approximate surface area is 204 Å². The summed E-state index contributed by atoms with van der Waals surface area (Å²) in [7, 11) is 2.73. The van der Waals surface area contributed by atoms with Gasteiger partial charge in [0.2, 0.25) is 5.91 Å². The van der Waals surface area contributed by atoms with Crippen LogP contribution in [0.3, 0.4) is 0 Å². The van der Waals surface area contributed by atoms with E-state index in [1.165, 1.54) is 14.2 Å². The maximum absolute atomic E-state index is 13.5. The van der Waals surface area contributed by atoms with Crippen molar-refractivity contribution in [3.05, 3.63) is 77.9 Å². The largest absolute Gasteiger partial charge is 0.496 e. The number of hydrogen-bond donors (Lipinski definition) is 3. The van der Waals surface area contributed by atoms with Crippen LogP contribution in [0, 0.1) is 5.92 Å². The molecule has 0 aromatic heterocycles. The lowest BCUT2D eigenvalue weighted by atomic mass is 9.95. The SMILES string of the molecule is COC(=O)C(NC(=O)[C@@H](NC(C(=O)O)c1ccccc1)C(C)C)c1c(OC)ccc2ccccc12. The zero-order valence-electron chi connectivity index (χ0n) is 20.1. The van der Waals surface area contributed by atoms with Crippen molar-refractivity contribution < 1.29 is 29.0 Å². The fourth-order valence-electron chi connectivity index (χ4n) is 4.06. The molecule has 8 heteroatoms. The van der Waals surface area contributed by atoms with Crippen molar-refractivity contribution in [2.24, 2.45) is 5.92 Å². The summed E-state index contributed by atoms with van der Waals surface area (Å²) >= 11 is 0. The van der Waals surface area contributed by atoms with Crippen molar-refractivity contribution in [1.82, 2.24) is 10.6 Å². The molecule has 0 spiro atoms. The van der Waals surface area contributed by atoms with E-state index in [0.717, 1.165) is 10.8 Å². The number of carbonyl (C=O) groups excluding carboxylic acids is 2. The van der Waals surface area contributed by atoms with Crippen LogP contribution in [0.1, 0.15) is 37.1 Å². The fourth-order valence-corrected chi connectivity index (χ4v) is 4.06. The third-order valence-electron chi connectivity index (χ3n) is 5.84. The highest BCUT2D eigenvalue weighted by atomic mass is 16.5. The first-order chi connectivity index (χ1) is 16.8. The van der Waals surface area contributed by atoms with Gasteiger partial charge in [0.1, 0.15) is 11.8 Å². The van der Waals surface area contributed by atoms with Crippen molar-refractivity contribution in [2.75, 3.05) is 14.2 Å². The third-order valence-corrected chi connectivity index (χ3v) is 5.84. The molecule has 0 radical (unpaired) electrons. The van der Waals surface area contributed by atoms with E-state index in [-0.39, 0.29) is 5.92 Å². The van der Waals surface area contributed by atoms with E-state index in [0.29, 0.717) is 16.9 Å². The van der Waals surface area contributed by atoms with Crippen molar-refractivity contribution in [3.8, 4) is 5.75 Å². The van der Waals surface area contributed by atoms with Crippen LogP contribution in [0.4, 0.5) is 0 Å². The first kappa shape index (κ1) is 25.7. The summed E-state index contributed by atoms with van der Waals surface area (Å²) in [4.78, 5) is 38.4.